The van der Waals surface area contributed by atoms with E-state index in [0.717, 1.165) is 16.3 Å². The Morgan fingerprint density at radius 1 is 1.08 bits per heavy atom. The van der Waals surface area contributed by atoms with Crippen LogP contribution >= 0.6 is 22.7 Å². The minimum atomic E-state index is -0.218. The summed E-state index contributed by atoms with van der Waals surface area (Å²) in [6, 6.07) is 13.7. The van der Waals surface area contributed by atoms with E-state index in [4.69, 9.17) is 0 Å². The molecule has 0 unspecified atom stereocenters. The van der Waals surface area contributed by atoms with Gasteiger partial charge in [-0.15, -0.1) is 22.7 Å². The molecule has 0 spiro atoms. The topological polar surface area (TPSA) is 59.8 Å². The number of anilines is 1. The van der Waals surface area contributed by atoms with Crippen LogP contribution in [-0.4, -0.2) is 20.7 Å². The van der Waals surface area contributed by atoms with Crippen LogP contribution in [0.25, 0.3) is 16.3 Å². The summed E-state index contributed by atoms with van der Waals surface area (Å²) in [5.41, 5.74) is 2.28. The molecule has 0 aliphatic carbocycles. The molecule has 0 fully saturated rings. The second kappa shape index (κ2) is 6.38. The maximum atomic E-state index is 12.4. The number of nitrogens with one attached hydrogen (secondary N) is 1. The van der Waals surface area contributed by atoms with E-state index >= 15 is 0 Å². The number of thiophene rings is 1. The van der Waals surface area contributed by atoms with E-state index in [1.54, 1.807) is 28.4 Å². The first-order chi connectivity index (χ1) is 11.8. The van der Waals surface area contributed by atoms with Gasteiger partial charge in [0.15, 0.2) is 5.13 Å². The number of thiazole rings is 1. The maximum absolute atomic E-state index is 12.4. The van der Waals surface area contributed by atoms with E-state index in [-0.39, 0.29) is 5.91 Å². The summed E-state index contributed by atoms with van der Waals surface area (Å²) in [5, 5.41) is 11.6. The SMILES string of the molecule is O=C(Nc1nc(-c2cccs2)cs1)c1cnn(-c2ccccc2)c1. The van der Waals surface area contributed by atoms with Crippen LogP contribution in [0, 0.1) is 0 Å². The van der Waals surface area contributed by atoms with Crippen LogP contribution in [0.1, 0.15) is 10.4 Å². The molecule has 0 aliphatic heterocycles. The van der Waals surface area contributed by atoms with Crippen molar-refractivity contribution in [1.82, 2.24) is 14.8 Å². The zero-order chi connectivity index (χ0) is 16.4. The quantitative estimate of drug-likeness (QED) is 0.595. The summed E-state index contributed by atoms with van der Waals surface area (Å²) in [6.45, 7) is 0. The summed E-state index contributed by atoms with van der Waals surface area (Å²) >= 11 is 3.03. The van der Waals surface area contributed by atoms with E-state index in [2.05, 4.69) is 15.4 Å². The lowest BCUT2D eigenvalue weighted by Gasteiger charge is -2.00. The highest BCUT2D eigenvalue weighted by Crippen LogP contribution is 2.28. The Hall–Kier alpha value is -2.77. The normalized spacial score (nSPS) is 10.7. The number of rotatable bonds is 4. The molecule has 3 heterocycles. The first kappa shape index (κ1) is 14.8. The monoisotopic (exact) mass is 352 g/mol. The molecule has 7 heteroatoms. The van der Waals surface area contributed by atoms with Crippen LogP contribution in [-0.2, 0) is 0 Å². The third-order valence-electron chi connectivity index (χ3n) is 3.36. The van der Waals surface area contributed by atoms with E-state index in [9.17, 15) is 4.79 Å². The minimum absolute atomic E-state index is 0.218. The molecule has 118 valence electrons. The Morgan fingerprint density at radius 2 is 1.96 bits per heavy atom. The molecule has 0 saturated heterocycles. The smallest absolute Gasteiger partial charge is 0.260 e. The number of benzene rings is 1. The summed E-state index contributed by atoms with van der Waals surface area (Å²) in [5.74, 6) is -0.218. The number of hydrogen-bond acceptors (Lipinski definition) is 5. The van der Waals surface area contributed by atoms with Crippen molar-refractivity contribution in [2.75, 3.05) is 5.32 Å². The molecular formula is C17H12N4OS2. The summed E-state index contributed by atoms with van der Waals surface area (Å²) in [6.07, 6.45) is 3.26. The molecule has 5 nitrogen and oxygen atoms in total. The zero-order valence-electron chi connectivity index (χ0n) is 12.4. The first-order valence-electron chi connectivity index (χ1n) is 7.20. The fourth-order valence-corrected chi connectivity index (χ4v) is 3.67. The van der Waals surface area contributed by atoms with Crippen molar-refractivity contribution in [3.63, 3.8) is 0 Å². The molecule has 1 aromatic carbocycles. The molecule has 0 atom stereocenters. The van der Waals surface area contributed by atoms with E-state index < -0.39 is 0 Å². The van der Waals surface area contributed by atoms with Crippen LogP contribution in [0.3, 0.4) is 0 Å². The van der Waals surface area contributed by atoms with Gasteiger partial charge in [-0.2, -0.15) is 5.10 Å². The maximum Gasteiger partial charge on any atom is 0.260 e. The average Bonchev–Trinajstić information content (AvgIpc) is 3.36. The number of hydrogen-bond donors (Lipinski definition) is 1. The highest BCUT2D eigenvalue weighted by atomic mass is 32.1. The van der Waals surface area contributed by atoms with Gasteiger partial charge in [-0.3, -0.25) is 10.1 Å². The summed E-state index contributed by atoms with van der Waals surface area (Å²) < 4.78 is 1.67. The molecule has 0 radical (unpaired) electrons. The molecule has 1 N–H and O–H groups in total. The lowest BCUT2D eigenvalue weighted by atomic mass is 10.3. The van der Waals surface area contributed by atoms with Crippen molar-refractivity contribution < 1.29 is 4.79 Å². The predicted molar refractivity (Wildman–Crippen MR) is 96.9 cm³/mol. The van der Waals surface area contributed by atoms with Gasteiger partial charge in [0, 0.05) is 11.6 Å². The first-order valence-corrected chi connectivity index (χ1v) is 8.96. The Balaban J connectivity index is 1.50. The molecule has 0 saturated carbocycles. The summed E-state index contributed by atoms with van der Waals surface area (Å²) in [7, 11) is 0. The second-order valence-electron chi connectivity index (χ2n) is 4.98. The largest absolute Gasteiger partial charge is 0.298 e. The minimum Gasteiger partial charge on any atom is -0.298 e. The highest BCUT2D eigenvalue weighted by molar-refractivity contribution is 7.16. The highest BCUT2D eigenvalue weighted by Gasteiger charge is 2.12. The van der Waals surface area contributed by atoms with Gasteiger partial charge in [-0.1, -0.05) is 24.3 Å². The van der Waals surface area contributed by atoms with Crippen LogP contribution < -0.4 is 5.32 Å². The zero-order valence-corrected chi connectivity index (χ0v) is 14.1. The second-order valence-corrected chi connectivity index (χ2v) is 6.78. The standard InChI is InChI=1S/C17H12N4OS2/c22-16(12-9-18-21(10-12)13-5-2-1-3-6-13)20-17-19-14(11-24-17)15-7-4-8-23-15/h1-11H,(H,19,20,22). The average molecular weight is 352 g/mol. The van der Waals surface area contributed by atoms with Crippen LogP contribution in [0.5, 0.6) is 0 Å². The lowest BCUT2D eigenvalue weighted by molar-refractivity contribution is 0.102. The van der Waals surface area contributed by atoms with E-state index in [0.29, 0.717) is 10.7 Å². The Morgan fingerprint density at radius 3 is 2.75 bits per heavy atom. The van der Waals surface area contributed by atoms with E-state index in [1.807, 2.05) is 53.2 Å². The lowest BCUT2D eigenvalue weighted by Crippen LogP contribution is -2.10. The number of carbonyl (C=O) groups is 1. The van der Waals surface area contributed by atoms with Gasteiger partial charge in [0.1, 0.15) is 0 Å². The van der Waals surface area contributed by atoms with Crippen molar-refractivity contribution in [2.45, 2.75) is 0 Å². The number of aromatic nitrogens is 3. The molecule has 24 heavy (non-hydrogen) atoms. The molecule has 1 amide bonds. The van der Waals surface area contributed by atoms with Crippen molar-refractivity contribution in [1.29, 1.82) is 0 Å². The molecule has 4 aromatic rings. The van der Waals surface area contributed by atoms with Gasteiger partial charge in [-0.05, 0) is 23.6 Å². The van der Waals surface area contributed by atoms with Crippen LogP contribution in [0.2, 0.25) is 0 Å². The van der Waals surface area contributed by atoms with Crippen LogP contribution in [0.15, 0.2) is 65.6 Å². The van der Waals surface area contributed by atoms with Gasteiger partial charge in [-0.25, -0.2) is 9.67 Å². The Kier molecular flexibility index (Phi) is 3.94. The Labute approximate surface area is 146 Å². The number of para-hydroxylation sites is 1. The molecule has 0 aliphatic rings. The van der Waals surface area contributed by atoms with Crippen molar-refractivity contribution in [3.8, 4) is 16.3 Å². The van der Waals surface area contributed by atoms with Crippen molar-refractivity contribution >= 4 is 33.7 Å². The van der Waals surface area contributed by atoms with Crippen LogP contribution in [0.4, 0.5) is 5.13 Å². The van der Waals surface area contributed by atoms with Gasteiger partial charge in [0.2, 0.25) is 0 Å². The number of nitrogens with zero attached hydrogens (tertiary/aromatic N) is 3. The summed E-state index contributed by atoms with van der Waals surface area (Å²) in [4.78, 5) is 17.9. The number of amides is 1. The third-order valence-corrected chi connectivity index (χ3v) is 5.01. The number of carbonyl (C=O) groups excluding carboxylic acids is 1. The van der Waals surface area contributed by atoms with Crippen molar-refractivity contribution in [3.05, 3.63) is 71.2 Å². The molecule has 3 aromatic heterocycles. The predicted octanol–water partition coefficient (Wildman–Crippen LogP) is 4.31. The fourth-order valence-electron chi connectivity index (χ4n) is 2.20. The van der Waals surface area contributed by atoms with Gasteiger partial charge < -0.3 is 0 Å². The van der Waals surface area contributed by atoms with Gasteiger partial charge >= 0.3 is 0 Å². The van der Waals surface area contributed by atoms with E-state index in [1.165, 1.54) is 11.3 Å². The van der Waals surface area contributed by atoms with Crippen molar-refractivity contribution in [2.24, 2.45) is 0 Å². The fraction of sp³-hybridized carbons (Fsp3) is 0. The van der Waals surface area contributed by atoms with Gasteiger partial charge in [0.25, 0.3) is 5.91 Å². The Bertz CT molecular complexity index is 958. The molecule has 0 bridgehead atoms. The molecule has 4 rings (SSSR count). The van der Waals surface area contributed by atoms with Gasteiger partial charge in [0.05, 0.1) is 28.0 Å². The molecular weight excluding hydrogens is 340 g/mol. The third kappa shape index (κ3) is 2.99.